The molecule has 0 radical (unpaired) electrons. The zero-order valence-electron chi connectivity index (χ0n) is 45.6. The van der Waals surface area contributed by atoms with Gasteiger partial charge in [-0.05, 0) is 134 Å². The monoisotopic (exact) mass is 1000 g/mol. The van der Waals surface area contributed by atoms with Gasteiger partial charge in [0.05, 0.1) is 46.3 Å². The van der Waals surface area contributed by atoms with Crippen molar-refractivity contribution in [1.82, 2.24) is 4.98 Å². The molecule has 75 heavy (non-hydrogen) atoms. The number of benzene rings is 7. The summed E-state index contributed by atoms with van der Waals surface area (Å²) < 4.78 is 10.7. The molecule has 0 fully saturated rings. The Kier molecular flexibility index (Phi) is 23.7. The molecule has 3 N–H and O–H groups in total. The molecule has 1 aromatic heterocycles. The van der Waals surface area contributed by atoms with Gasteiger partial charge in [0.25, 0.3) is 0 Å². The van der Waals surface area contributed by atoms with E-state index in [4.69, 9.17) is 16.0 Å². The number of hydrogen-bond donors (Lipinski definition) is 3. The third-order valence-electron chi connectivity index (χ3n) is 13.1. The minimum absolute atomic E-state index is 0. The smallest absolute Gasteiger partial charge is 0.195 e. The van der Waals surface area contributed by atoms with Crippen LogP contribution < -0.4 is 9.47 Å². The Bertz CT molecular complexity index is 3020. The summed E-state index contributed by atoms with van der Waals surface area (Å²) in [7, 11) is 3.29. The molecule has 0 aliphatic carbocycles. The van der Waals surface area contributed by atoms with Gasteiger partial charge in [-0.15, -0.1) is 0 Å². The van der Waals surface area contributed by atoms with Crippen LogP contribution in [0.15, 0.2) is 164 Å². The average Bonchev–Trinajstić information content (AvgIpc) is 3.43. The Morgan fingerprint density at radius 3 is 1.31 bits per heavy atom. The molecule has 7 aromatic carbocycles. The largest absolute Gasteiger partial charge is 0.497 e. The van der Waals surface area contributed by atoms with E-state index in [1.54, 1.807) is 20.4 Å². The standard InChI is InChI=1S/C18H19NO.C17H20O.C16H19NO2.C16H18O.CH4/c1-12(2)14-6-8-15(9-7-14)16-11-18(20-5)13(3)10-17(16)19-4;1-12(2)14-5-7-15(8-6-14)17-9-4-13(3)10-16(17)11-18;1-11(2)12-4-6-13(7-5-12)16-14(10-18)17-9-8-15(16)19-3;1-12(2)13-7-9-14(10-8-13)16-6-4-3-5-15(16)11-17;/h6-12H,1-3,5H3;4-10,12,18H,11H2,1-3H3;4-9,11,18H,10H2,1-3H3;3-10,12,17H,11H2,1-2H3;1H4. The summed E-state index contributed by atoms with van der Waals surface area (Å²) in [5, 5.41) is 28.2. The minimum Gasteiger partial charge on any atom is -0.497 e. The van der Waals surface area contributed by atoms with Crippen LogP contribution in [0.1, 0.15) is 137 Å². The maximum atomic E-state index is 9.45. The van der Waals surface area contributed by atoms with Crippen molar-refractivity contribution in [3.63, 3.8) is 0 Å². The number of aryl methyl sites for hydroxylation is 2. The Morgan fingerprint density at radius 1 is 0.467 bits per heavy atom. The highest BCUT2D eigenvalue weighted by molar-refractivity contribution is 5.81. The first kappa shape index (κ1) is 60.2. The van der Waals surface area contributed by atoms with Crippen molar-refractivity contribution in [2.45, 2.75) is 120 Å². The van der Waals surface area contributed by atoms with E-state index in [9.17, 15) is 15.3 Å². The Labute approximate surface area is 449 Å². The number of aliphatic hydroxyl groups is 3. The molecule has 0 unspecified atom stereocenters. The van der Waals surface area contributed by atoms with E-state index >= 15 is 0 Å². The summed E-state index contributed by atoms with van der Waals surface area (Å²) in [6.45, 7) is 28.9. The molecule has 0 atom stereocenters. The van der Waals surface area contributed by atoms with E-state index in [2.05, 4.69) is 168 Å². The van der Waals surface area contributed by atoms with Crippen LogP contribution in [-0.4, -0.2) is 34.5 Å². The zero-order valence-corrected chi connectivity index (χ0v) is 45.6. The van der Waals surface area contributed by atoms with Crippen molar-refractivity contribution in [3.8, 4) is 56.0 Å². The molecule has 0 spiro atoms. The van der Waals surface area contributed by atoms with Crippen molar-refractivity contribution in [3.05, 3.63) is 226 Å². The molecule has 7 heteroatoms. The van der Waals surface area contributed by atoms with Gasteiger partial charge in [0.2, 0.25) is 0 Å². The second-order valence-corrected chi connectivity index (χ2v) is 19.7. The first-order chi connectivity index (χ1) is 35.6. The predicted molar refractivity (Wildman–Crippen MR) is 315 cm³/mol. The first-order valence-corrected chi connectivity index (χ1v) is 25.6. The number of aromatic nitrogens is 1. The summed E-state index contributed by atoms with van der Waals surface area (Å²) in [5.41, 5.74) is 19.2. The highest BCUT2D eigenvalue weighted by Crippen LogP contribution is 2.37. The van der Waals surface area contributed by atoms with Crippen LogP contribution in [0.2, 0.25) is 0 Å². The normalized spacial score (nSPS) is 10.6. The van der Waals surface area contributed by atoms with Crippen molar-refractivity contribution in [1.29, 1.82) is 0 Å². The van der Waals surface area contributed by atoms with Gasteiger partial charge >= 0.3 is 0 Å². The molecular formula is C68H80N2O5. The zero-order chi connectivity index (χ0) is 53.9. The number of methoxy groups -OCH3 is 2. The summed E-state index contributed by atoms with van der Waals surface area (Å²) in [6.07, 6.45) is 1.65. The Morgan fingerprint density at radius 2 is 0.893 bits per heavy atom. The van der Waals surface area contributed by atoms with Crippen LogP contribution in [0.5, 0.6) is 11.5 Å². The quantitative estimate of drug-likeness (QED) is 0.0996. The Hall–Kier alpha value is -7.34. The molecule has 8 aromatic rings. The van der Waals surface area contributed by atoms with Gasteiger partial charge in [-0.3, -0.25) is 4.98 Å². The van der Waals surface area contributed by atoms with Gasteiger partial charge < -0.3 is 24.8 Å². The molecule has 1 heterocycles. The number of aliphatic hydroxyl groups excluding tert-OH is 3. The second kappa shape index (κ2) is 29.5. The van der Waals surface area contributed by atoms with Gasteiger partial charge in [-0.25, -0.2) is 4.85 Å². The fraction of sp³-hybridized carbons (Fsp3) is 0.294. The third kappa shape index (κ3) is 16.3. The topological polar surface area (TPSA) is 96.4 Å². The first-order valence-electron chi connectivity index (χ1n) is 25.6. The van der Waals surface area contributed by atoms with Crippen molar-refractivity contribution >= 4 is 5.69 Å². The lowest BCUT2D eigenvalue weighted by Gasteiger charge is -2.13. The fourth-order valence-corrected chi connectivity index (χ4v) is 8.55. The third-order valence-corrected chi connectivity index (χ3v) is 13.1. The van der Waals surface area contributed by atoms with Crippen LogP contribution in [0.4, 0.5) is 5.69 Å². The van der Waals surface area contributed by atoms with E-state index in [0.717, 1.165) is 61.6 Å². The molecule has 0 saturated heterocycles. The van der Waals surface area contributed by atoms with Gasteiger partial charge in [0.1, 0.15) is 11.5 Å². The number of hydrogen-bond acceptors (Lipinski definition) is 6. The fourth-order valence-electron chi connectivity index (χ4n) is 8.55. The average molecular weight is 1010 g/mol. The van der Waals surface area contributed by atoms with Gasteiger partial charge in [0.15, 0.2) is 5.69 Å². The lowest BCUT2D eigenvalue weighted by atomic mass is 9.95. The summed E-state index contributed by atoms with van der Waals surface area (Å²) in [6, 6.07) is 53.8. The van der Waals surface area contributed by atoms with E-state index in [0.29, 0.717) is 35.1 Å². The number of nitrogens with zero attached hydrogens (tertiary/aromatic N) is 2. The molecule has 0 aliphatic heterocycles. The van der Waals surface area contributed by atoms with Crippen molar-refractivity contribution < 1.29 is 24.8 Å². The second-order valence-electron chi connectivity index (χ2n) is 19.7. The molecule has 392 valence electrons. The maximum absolute atomic E-state index is 9.45. The van der Waals surface area contributed by atoms with E-state index in [-0.39, 0.29) is 27.2 Å². The molecule has 7 nitrogen and oxygen atoms in total. The van der Waals surface area contributed by atoms with Gasteiger partial charge in [0, 0.05) is 11.8 Å². The van der Waals surface area contributed by atoms with Crippen molar-refractivity contribution in [2.24, 2.45) is 0 Å². The van der Waals surface area contributed by atoms with E-state index in [1.807, 2.05) is 68.4 Å². The van der Waals surface area contributed by atoms with Crippen LogP contribution in [0.25, 0.3) is 49.4 Å². The molecule has 0 aliphatic rings. The van der Waals surface area contributed by atoms with E-state index < -0.39 is 0 Å². The van der Waals surface area contributed by atoms with E-state index in [1.165, 1.54) is 38.9 Å². The molecular weight excluding hydrogens is 925 g/mol. The highest BCUT2D eigenvalue weighted by Gasteiger charge is 2.14. The van der Waals surface area contributed by atoms with Gasteiger partial charge in [-0.1, -0.05) is 208 Å². The predicted octanol–water partition coefficient (Wildman–Crippen LogP) is 17.6. The van der Waals surface area contributed by atoms with Crippen LogP contribution >= 0.6 is 0 Å². The molecule has 0 saturated carbocycles. The SMILES string of the molecule is C.CC(C)c1ccc(-c2ccccc2CO)cc1.COc1ccnc(CO)c1-c1ccc(C(C)C)cc1.Cc1ccc(-c2ccc(C(C)C)cc2)c(CO)c1.[C-]#[N+]c1cc(C)c(OC)cc1-c1ccc(C(C)C)cc1. The maximum Gasteiger partial charge on any atom is 0.195 e. The number of pyridine rings is 1. The summed E-state index contributed by atoms with van der Waals surface area (Å²) >= 11 is 0. The lowest BCUT2D eigenvalue weighted by molar-refractivity contribution is 0.276. The van der Waals surface area contributed by atoms with Crippen LogP contribution in [-0.2, 0) is 19.8 Å². The molecule has 0 amide bonds. The van der Waals surface area contributed by atoms with Gasteiger partial charge in [-0.2, -0.15) is 0 Å². The lowest BCUT2D eigenvalue weighted by Crippen LogP contribution is -1.98. The summed E-state index contributed by atoms with van der Waals surface area (Å²) in [5.74, 6) is 3.67. The van der Waals surface area contributed by atoms with Crippen LogP contribution in [0.3, 0.4) is 0 Å². The van der Waals surface area contributed by atoms with Crippen LogP contribution in [0, 0.1) is 20.4 Å². The Balaban J connectivity index is 0.000000216. The number of ether oxygens (including phenoxy) is 2. The minimum atomic E-state index is -0.0987. The van der Waals surface area contributed by atoms with Crippen molar-refractivity contribution in [2.75, 3.05) is 14.2 Å². The summed E-state index contributed by atoms with van der Waals surface area (Å²) in [4.78, 5) is 7.84. The molecule has 0 bridgehead atoms. The highest BCUT2D eigenvalue weighted by atomic mass is 16.5. The number of rotatable bonds is 13. The molecule has 8 rings (SSSR count).